The summed E-state index contributed by atoms with van der Waals surface area (Å²) in [7, 11) is 1.77. The summed E-state index contributed by atoms with van der Waals surface area (Å²) >= 11 is 0. The number of likely N-dealkylation sites (tertiary alicyclic amines) is 1. The first-order valence-electron chi connectivity index (χ1n) is 10.5. The number of aliphatic imine (C=N–C) groups is 1. The van der Waals surface area contributed by atoms with Crippen molar-refractivity contribution in [2.24, 2.45) is 4.99 Å². The van der Waals surface area contributed by atoms with Gasteiger partial charge in [-0.15, -0.1) is 0 Å². The van der Waals surface area contributed by atoms with E-state index in [1.165, 1.54) is 12.8 Å². The van der Waals surface area contributed by atoms with Crippen LogP contribution < -0.4 is 10.6 Å². The number of guanidine groups is 1. The minimum absolute atomic E-state index is 0.191. The summed E-state index contributed by atoms with van der Waals surface area (Å²) in [4.78, 5) is 11.4. The lowest BCUT2D eigenvalue weighted by molar-refractivity contribution is 0.213. The van der Waals surface area contributed by atoms with Crippen LogP contribution >= 0.6 is 0 Å². The summed E-state index contributed by atoms with van der Waals surface area (Å²) in [5, 5.41) is 6.76. The summed E-state index contributed by atoms with van der Waals surface area (Å²) in [6.07, 6.45) is 4.15. The first-order valence-corrected chi connectivity index (χ1v) is 10.5. The summed E-state index contributed by atoms with van der Waals surface area (Å²) in [5.41, 5.74) is 1.79. The zero-order valence-electron chi connectivity index (χ0n) is 17.6. The molecule has 1 atom stereocenters. The Morgan fingerprint density at radius 3 is 2.63 bits per heavy atom. The molecular weight excluding hydrogens is 378 g/mol. The van der Waals surface area contributed by atoms with Gasteiger partial charge in [0, 0.05) is 19.2 Å². The molecule has 2 N–H and O–H groups in total. The monoisotopic (exact) mass is 407 g/mol. The van der Waals surface area contributed by atoms with E-state index >= 15 is 0 Å². The highest BCUT2D eigenvalue weighted by Crippen LogP contribution is 2.26. The largest absolute Gasteiger partial charge is 0.465 e. The Bertz CT molecular complexity index is 957. The summed E-state index contributed by atoms with van der Waals surface area (Å²) in [6, 6.07) is 14.2. The van der Waals surface area contributed by atoms with Gasteiger partial charge in [-0.3, -0.25) is 9.89 Å². The zero-order chi connectivity index (χ0) is 20.8. The van der Waals surface area contributed by atoms with Gasteiger partial charge in [-0.2, -0.15) is 0 Å². The molecule has 0 aliphatic carbocycles. The molecule has 4 rings (SSSR count). The third-order valence-electron chi connectivity index (χ3n) is 5.37. The van der Waals surface area contributed by atoms with E-state index in [9.17, 15) is 0 Å². The van der Waals surface area contributed by atoms with Gasteiger partial charge >= 0.3 is 0 Å². The number of oxazole rings is 1. The number of hydrogen-bond acceptors (Lipinski definition) is 5. The van der Waals surface area contributed by atoms with Crippen LogP contribution in [-0.4, -0.2) is 42.5 Å². The molecule has 0 radical (unpaired) electrons. The van der Waals surface area contributed by atoms with E-state index in [-0.39, 0.29) is 6.04 Å². The van der Waals surface area contributed by atoms with Crippen molar-refractivity contribution in [1.29, 1.82) is 0 Å². The highest BCUT2D eigenvalue weighted by molar-refractivity contribution is 5.79. The maximum absolute atomic E-state index is 5.93. The fourth-order valence-electron chi connectivity index (χ4n) is 3.79. The number of nitrogens with one attached hydrogen (secondary N) is 2. The maximum atomic E-state index is 5.93. The number of furan rings is 1. The Kier molecular flexibility index (Phi) is 6.49. The van der Waals surface area contributed by atoms with Crippen LogP contribution in [0, 0.1) is 6.92 Å². The van der Waals surface area contributed by atoms with E-state index in [1.807, 2.05) is 43.3 Å². The van der Waals surface area contributed by atoms with Crippen LogP contribution in [-0.2, 0) is 6.54 Å². The van der Waals surface area contributed by atoms with Crippen molar-refractivity contribution in [3.8, 4) is 11.5 Å². The third kappa shape index (κ3) is 4.91. The number of rotatable bonds is 7. The molecule has 30 heavy (non-hydrogen) atoms. The van der Waals surface area contributed by atoms with Crippen LogP contribution in [0.2, 0.25) is 0 Å². The predicted octanol–water partition coefficient (Wildman–Crippen LogP) is 3.75. The second-order valence-corrected chi connectivity index (χ2v) is 7.52. The quantitative estimate of drug-likeness (QED) is 0.459. The van der Waals surface area contributed by atoms with Gasteiger partial charge in [0.1, 0.15) is 17.8 Å². The van der Waals surface area contributed by atoms with Crippen LogP contribution in [0.3, 0.4) is 0 Å². The number of hydrogen-bond donors (Lipinski definition) is 2. The van der Waals surface area contributed by atoms with Gasteiger partial charge in [0.05, 0.1) is 18.3 Å². The van der Waals surface area contributed by atoms with Crippen LogP contribution in [0.25, 0.3) is 11.5 Å². The van der Waals surface area contributed by atoms with Crippen molar-refractivity contribution in [3.63, 3.8) is 0 Å². The molecule has 0 saturated carbocycles. The lowest BCUT2D eigenvalue weighted by Crippen LogP contribution is -2.42. The molecule has 2 aromatic heterocycles. The van der Waals surface area contributed by atoms with Gasteiger partial charge in [-0.1, -0.05) is 18.2 Å². The van der Waals surface area contributed by atoms with Crippen molar-refractivity contribution in [2.75, 3.05) is 26.7 Å². The third-order valence-corrected chi connectivity index (χ3v) is 5.37. The number of aromatic nitrogens is 1. The molecule has 1 aliphatic heterocycles. The second kappa shape index (κ2) is 9.63. The molecule has 1 unspecified atom stereocenters. The normalized spacial score (nSPS) is 16.0. The molecule has 158 valence electrons. The van der Waals surface area contributed by atoms with E-state index in [1.54, 1.807) is 13.3 Å². The van der Waals surface area contributed by atoms with Gasteiger partial charge in [0.2, 0.25) is 5.89 Å². The van der Waals surface area contributed by atoms with Crippen molar-refractivity contribution in [2.45, 2.75) is 32.4 Å². The molecule has 7 nitrogen and oxygen atoms in total. The van der Waals surface area contributed by atoms with Crippen molar-refractivity contribution >= 4 is 5.96 Å². The van der Waals surface area contributed by atoms with Crippen molar-refractivity contribution < 1.29 is 8.83 Å². The van der Waals surface area contributed by atoms with Gasteiger partial charge in [0.25, 0.3) is 0 Å². The number of nitrogens with zero attached hydrogens (tertiary/aromatic N) is 3. The van der Waals surface area contributed by atoms with Gasteiger partial charge < -0.3 is 19.5 Å². The van der Waals surface area contributed by atoms with E-state index in [2.05, 4.69) is 31.6 Å². The minimum atomic E-state index is 0.191. The average Bonchev–Trinajstić information content (AvgIpc) is 3.54. The molecule has 1 aliphatic rings. The topological polar surface area (TPSA) is 78.8 Å². The predicted molar refractivity (Wildman–Crippen MR) is 117 cm³/mol. The van der Waals surface area contributed by atoms with Crippen LogP contribution in [0.4, 0.5) is 0 Å². The average molecular weight is 408 g/mol. The standard InChI is InChI=1S/C23H29N5O2/c1-17-10-11-21(30-17)20(28-12-6-7-13-28)15-26-23(24-2)25-14-19-16-29-22(27-19)18-8-4-3-5-9-18/h3-5,8-11,16,20H,6-7,12-15H2,1-2H3,(H2,24,25,26). The Morgan fingerprint density at radius 1 is 1.13 bits per heavy atom. The number of benzene rings is 1. The Hall–Kier alpha value is -3.06. The summed E-state index contributed by atoms with van der Waals surface area (Å²) in [6.45, 7) is 5.43. The maximum Gasteiger partial charge on any atom is 0.226 e. The van der Waals surface area contributed by atoms with Crippen LogP contribution in [0.15, 0.2) is 62.6 Å². The first kappa shape index (κ1) is 20.2. The number of aryl methyl sites for hydroxylation is 1. The van der Waals surface area contributed by atoms with Crippen molar-refractivity contribution in [1.82, 2.24) is 20.5 Å². The van der Waals surface area contributed by atoms with Crippen LogP contribution in [0.1, 0.15) is 36.1 Å². The molecular formula is C23H29N5O2. The molecule has 1 aromatic carbocycles. The molecule has 3 aromatic rings. The fourth-order valence-corrected chi connectivity index (χ4v) is 3.79. The molecule has 0 spiro atoms. The van der Waals surface area contributed by atoms with Crippen molar-refractivity contribution in [3.05, 3.63) is 65.9 Å². The van der Waals surface area contributed by atoms with E-state index < -0.39 is 0 Å². The Labute approximate surface area is 177 Å². The van der Waals surface area contributed by atoms with E-state index in [0.29, 0.717) is 12.4 Å². The highest BCUT2D eigenvalue weighted by atomic mass is 16.3. The molecule has 3 heterocycles. The molecule has 1 fully saturated rings. The SMILES string of the molecule is CN=C(NCc1coc(-c2ccccc2)n1)NCC(c1ccc(C)o1)N1CCCC1. The smallest absolute Gasteiger partial charge is 0.226 e. The lowest BCUT2D eigenvalue weighted by Gasteiger charge is -2.26. The highest BCUT2D eigenvalue weighted by Gasteiger charge is 2.26. The molecule has 7 heteroatoms. The van der Waals surface area contributed by atoms with E-state index in [4.69, 9.17) is 8.83 Å². The molecule has 0 amide bonds. The summed E-state index contributed by atoms with van der Waals surface area (Å²) in [5.74, 6) is 3.29. The van der Waals surface area contributed by atoms with Gasteiger partial charge in [-0.25, -0.2) is 4.98 Å². The molecule has 1 saturated heterocycles. The fraction of sp³-hybridized carbons (Fsp3) is 0.391. The zero-order valence-corrected chi connectivity index (χ0v) is 17.6. The Morgan fingerprint density at radius 2 is 1.93 bits per heavy atom. The Balaban J connectivity index is 1.34. The minimum Gasteiger partial charge on any atom is -0.465 e. The lowest BCUT2D eigenvalue weighted by atomic mass is 10.2. The first-order chi connectivity index (χ1) is 14.7. The van der Waals surface area contributed by atoms with Gasteiger partial charge in [0.15, 0.2) is 5.96 Å². The molecule has 0 bridgehead atoms. The second-order valence-electron chi connectivity index (χ2n) is 7.52. The summed E-state index contributed by atoms with van der Waals surface area (Å²) < 4.78 is 11.5. The van der Waals surface area contributed by atoms with Gasteiger partial charge in [-0.05, 0) is 57.1 Å². The van der Waals surface area contributed by atoms with E-state index in [0.717, 1.165) is 48.4 Å². The van der Waals surface area contributed by atoms with Crippen LogP contribution in [0.5, 0.6) is 0 Å².